The summed E-state index contributed by atoms with van der Waals surface area (Å²) in [6.45, 7) is -0.326. The molecule has 0 radical (unpaired) electrons. The Morgan fingerprint density at radius 3 is 2.48 bits per heavy atom. The summed E-state index contributed by atoms with van der Waals surface area (Å²) in [6.07, 6.45) is 0.918. The van der Waals surface area contributed by atoms with Crippen LogP contribution in [0.25, 0.3) is 0 Å². The first kappa shape index (κ1) is 34.2. The van der Waals surface area contributed by atoms with Gasteiger partial charge in [0.1, 0.15) is 35.0 Å². The Morgan fingerprint density at radius 1 is 1.27 bits per heavy atom. The van der Waals surface area contributed by atoms with Crippen LogP contribution in [-0.4, -0.2) is 91.2 Å². The monoisotopic (exact) mass is 622 g/mol. The molecular weight excluding hydrogens is 599 g/mol. The summed E-state index contributed by atoms with van der Waals surface area (Å²) in [5.41, 5.74) is 6.32. The van der Waals surface area contributed by atoms with Gasteiger partial charge in [0.2, 0.25) is 11.8 Å². The van der Waals surface area contributed by atoms with Gasteiger partial charge in [-0.05, 0) is 11.6 Å². The molecule has 7 N–H and O–H groups in total. The van der Waals surface area contributed by atoms with Gasteiger partial charge >= 0.3 is 57.4 Å². The van der Waals surface area contributed by atoms with E-state index in [1.165, 1.54) is 17.8 Å². The van der Waals surface area contributed by atoms with Gasteiger partial charge in [0.05, 0.1) is 24.0 Å². The number of benzene rings is 1. The average Bonchev–Trinajstić information content (AvgIpc) is 3.19. The minimum absolute atomic E-state index is 0. The van der Waals surface area contributed by atoms with E-state index < -0.39 is 53.5 Å². The van der Waals surface area contributed by atoms with Crippen molar-refractivity contribution in [3.8, 4) is 0 Å². The number of nitrogens with zero attached hydrogens (tertiary/aromatic N) is 2. The normalized spacial score (nSPS) is 25.8. The van der Waals surface area contributed by atoms with E-state index in [4.69, 9.17) is 27.2 Å². The van der Waals surface area contributed by atoms with Crippen LogP contribution in [-0.2, 0) is 28.7 Å². The Morgan fingerprint density at radius 2 is 1.93 bits per heavy atom. The maximum Gasteiger partial charge on any atom is 1.00 e. The van der Waals surface area contributed by atoms with Crippen LogP contribution in [0.4, 0.5) is 0 Å². The van der Waals surface area contributed by atoms with E-state index in [0.29, 0.717) is 5.56 Å². The first-order valence-electron chi connectivity index (χ1n) is 11.2. The number of β-lactam (4-membered cyclic amide) rings is 2. The summed E-state index contributed by atoms with van der Waals surface area (Å²) in [6, 6.07) is 5.90. The molecule has 5 rings (SSSR count). The molecule has 210 valence electrons. The molecule has 0 aliphatic carbocycles. The van der Waals surface area contributed by atoms with Crippen LogP contribution >= 0.6 is 23.4 Å². The number of aliphatic carboxylic acids is 2. The van der Waals surface area contributed by atoms with E-state index in [-0.39, 0.29) is 98.0 Å². The van der Waals surface area contributed by atoms with Crippen molar-refractivity contribution in [2.24, 2.45) is 5.73 Å². The second kappa shape index (κ2) is 14.3. The number of aliphatic hydroxyl groups is 1. The molecule has 40 heavy (non-hydrogen) atoms. The maximum absolute atomic E-state index is 12.3. The summed E-state index contributed by atoms with van der Waals surface area (Å²) in [4.78, 5) is 59.8. The number of ether oxygens (including phenoxy) is 1. The second-order valence-electron chi connectivity index (χ2n) is 8.43. The molecule has 3 fully saturated rings. The standard InChI is InChI=1S/C15H14ClN3O4S.C8H9NO5.K.H2O/c16-8-6-24-14-10(13(21)19(14)11(8)15(22)23)18-12(20)9(17)7-4-2-1-3-5-7;10-2-1-4-7(8(12)13)9-5(11)3-6(9)14-4;;/h1-5,9-10,14H,6,17H2,(H,18,20)(H,22,23);1,6-7,10H,2-3H2,(H,12,13);;1H2/q;;+1;/p-1/b;4-1-;;/t9-,10-,14-;6-,7-;;/m11../s1. The van der Waals surface area contributed by atoms with Gasteiger partial charge < -0.3 is 41.4 Å². The number of hydrogen-bond acceptors (Lipinski definition) is 10. The number of nitrogens with two attached hydrogens (primary N) is 1. The van der Waals surface area contributed by atoms with Crippen LogP contribution in [0, 0.1) is 0 Å². The predicted octanol–water partition coefficient (Wildman–Crippen LogP) is -5.63. The Bertz CT molecular complexity index is 1250. The summed E-state index contributed by atoms with van der Waals surface area (Å²) in [5.74, 6) is -3.55. The third-order valence-electron chi connectivity index (χ3n) is 6.15. The maximum atomic E-state index is 12.3. The molecule has 5 atom stereocenters. The number of carboxylic acids is 2. The fourth-order valence-corrected chi connectivity index (χ4v) is 5.83. The Kier molecular flexibility index (Phi) is 12.2. The number of rotatable bonds is 6. The molecular formula is C23H24ClKN4O10S. The zero-order chi connectivity index (χ0) is 27.7. The first-order valence-corrected chi connectivity index (χ1v) is 12.7. The van der Waals surface area contributed by atoms with Crippen LogP contribution < -0.4 is 67.5 Å². The zero-order valence-corrected chi connectivity index (χ0v) is 25.7. The van der Waals surface area contributed by atoms with E-state index in [2.05, 4.69) is 5.32 Å². The number of aliphatic hydroxyl groups excluding tert-OH is 1. The van der Waals surface area contributed by atoms with Gasteiger partial charge in [0.25, 0.3) is 5.91 Å². The molecule has 0 saturated carbocycles. The number of carbonyl (C=O) groups is 5. The molecule has 0 spiro atoms. The number of nitrogens with one attached hydrogen (secondary N) is 1. The van der Waals surface area contributed by atoms with E-state index in [1.54, 1.807) is 24.3 Å². The van der Waals surface area contributed by atoms with Crippen LogP contribution in [0.2, 0.25) is 0 Å². The molecule has 0 bridgehead atoms. The van der Waals surface area contributed by atoms with E-state index in [9.17, 15) is 34.2 Å². The minimum Gasteiger partial charge on any atom is -0.547 e. The van der Waals surface area contributed by atoms with Crippen molar-refractivity contribution in [1.29, 1.82) is 0 Å². The Balaban J connectivity index is 0.000000301. The van der Waals surface area contributed by atoms with Gasteiger partial charge in [-0.3, -0.25) is 24.2 Å². The smallest absolute Gasteiger partial charge is 0.547 e. The summed E-state index contributed by atoms with van der Waals surface area (Å²) in [5, 5.41) is 30.8. The largest absolute Gasteiger partial charge is 1.00 e. The third kappa shape index (κ3) is 6.56. The number of hydrogen-bond donors (Lipinski definition) is 4. The molecule has 17 heteroatoms. The molecule has 4 aliphatic rings. The van der Waals surface area contributed by atoms with Crippen LogP contribution in [0.1, 0.15) is 18.0 Å². The van der Waals surface area contributed by atoms with Crippen LogP contribution in [0.5, 0.6) is 0 Å². The number of amides is 3. The predicted molar refractivity (Wildman–Crippen MR) is 133 cm³/mol. The van der Waals surface area contributed by atoms with Crippen molar-refractivity contribution >= 4 is 53.0 Å². The van der Waals surface area contributed by atoms with Gasteiger partial charge in [0, 0.05) is 5.75 Å². The molecule has 1 aromatic rings. The van der Waals surface area contributed by atoms with Gasteiger partial charge in [-0.2, -0.15) is 0 Å². The van der Waals surface area contributed by atoms with Crippen LogP contribution in [0.15, 0.2) is 52.9 Å². The number of carbonyl (C=O) groups excluding carboxylic acids is 4. The molecule has 3 saturated heterocycles. The number of thioether (sulfide) groups is 1. The van der Waals surface area contributed by atoms with Crippen molar-refractivity contribution in [3.05, 3.63) is 58.5 Å². The fraction of sp³-hybridized carbons (Fsp3) is 0.348. The number of carboxylic acid groups (broad SMARTS) is 2. The molecule has 4 heterocycles. The number of fused-ring (bicyclic) bond motifs is 2. The van der Waals surface area contributed by atoms with Crippen molar-refractivity contribution in [2.75, 3.05) is 12.4 Å². The molecule has 0 aromatic heterocycles. The minimum atomic E-state index is -1.39. The van der Waals surface area contributed by atoms with Crippen molar-refractivity contribution < 1.29 is 101 Å². The molecule has 3 amide bonds. The van der Waals surface area contributed by atoms with E-state index in [0.717, 1.165) is 9.80 Å². The van der Waals surface area contributed by atoms with Crippen molar-refractivity contribution in [3.63, 3.8) is 0 Å². The first-order chi connectivity index (χ1) is 18.1. The quantitative estimate of drug-likeness (QED) is 0.172. The summed E-state index contributed by atoms with van der Waals surface area (Å²) in [7, 11) is 0. The van der Waals surface area contributed by atoms with Gasteiger partial charge in [-0.1, -0.05) is 41.9 Å². The van der Waals surface area contributed by atoms with Gasteiger partial charge in [0.15, 0.2) is 6.23 Å². The number of halogens is 1. The van der Waals surface area contributed by atoms with Crippen molar-refractivity contribution in [1.82, 2.24) is 15.1 Å². The average molecular weight is 623 g/mol. The van der Waals surface area contributed by atoms with E-state index in [1.807, 2.05) is 6.07 Å². The second-order valence-corrected chi connectivity index (χ2v) is 9.99. The molecule has 1 aromatic carbocycles. The third-order valence-corrected chi connectivity index (χ3v) is 7.90. The zero-order valence-electron chi connectivity index (χ0n) is 21.0. The summed E-state index contributed by atoms with van der Waals surface area (Å²) >= 11 is 7.20. The van der Waals surface area contributed by atoms with E-state index >= 15 is 0 Å². The fourth-order valence-electron chi connectivity index (χ4n) is 4.28. The molecule has 0 unspecified atom stereocenters. The molecule has 14 nitrogen and oxygen atoms in total. The van der Waals surface area contributed by atoms with Gasteiger partial charge in [-0.25, -0.2) is 4.79 Å². The SMILES string of the molecule is N[C@@H](C(=O)N[C@@H]1C(=O)N2C(C(=O)O)=C(Cl)CS[C@H]12)c1ccccc1.O.O=C([O-])[C@H]1/C(=C/CO)O[C@@H]2CC(=O)N21.[K+]. The molecule has 4 aliphatic heterocycles. The Labute approximate surface area is 279 Å². The van der Waals surface area contributed by atoms with Crippen molar-refractivity contribution in [2.45, 2.75) is 36.1 Å². The Hall–Kier alpha value is -1.99. The summed E-state index contributed by atoms with van der Waals surface area (Å²) < 4.78 is 5.13. The van der Waals surface area contributed by atoms with Gasteiger partial charge in [-0.15, -0.1) is 11.8 Å². The van der Waals surface area contributed by atoms with Crippen LogP contribution in [0.3, 0.4) is 0 Å². The topological polar surface area (TPSA) is 234 Å².